The van der Waals surface area contributed by atoms with Gasteiger partial charge in [-0.2, -0.15) is 5.10 Å². The average Bonchev–Trinajstić information content (AvgIpc) is 2.90. The molecule has 0 radical (unpaired) electrons. The molecule has 0 saturated heterocycles. The van der Waals surface area contributed by atoms with Crippen molar-refractivity contribution in [2.45, 2.75) is 32.4 Å². The number of amides is 1. The summed E-state index contributed by atoms with van der Waals surface area (Å²) in [6.07, 6.45) is 2.12. The number of carbonyl (C=O) groups is 1. The van der Waals surface area contributed by atoms with Crippen LogP contribution in [-0.2, 0) is 16.2 Å². The van der Waals surface area contributed by atoms with Gasteiger partial charge in [0.15, 0.2) is 0 Å². The van der Waals surface area contributed by atoms with E-state index in [9.17, 15) is 9.59 Å². The monoisotopic (exact) mass is 314 g/mol. The summed E-state index contributed by atoms with van der Waals surface area (Å²) in [6.45, 7) is 4.10. The molecule has 1 aliphatic rings. The lowest BCUT2D eigenvalue weighted by Crippen LogP contribution is -2.46. The normalized spacial score (nSPS) is 20.2. The summed E-state index contributed by atoms with van der Waals surface area (Å²) < 4.78 is 1.35. The minimum atomic E-state index is -0.966. The molecule has 1 aliphatic heterocycles. The Labute approximate surface area is 132 Å². The maximum Gasteiger partial charge on any atom is 0.274 e. The molecule has 1 atom stereocenters. The van der Waals surface area contributed by atoms with Gasteiger partial charge in [-0.3, -0.25) is 9.59 Å². The molecular formula is C16H18N4O3. The van der Waals surface area contributed by atoms with Gasteiger partial charge in [0.1, 0.15) is 0 Å². The van der Waals surface area contributed by atoms with Gasteiger partial charge in [0.2, 0.25) is 5.60 Å². The Morgan fingerprint density at radius 2 is 2.22 bits per heavy atom. The molecular weight excluding hydrogens is 296 g/mol. The van der Waals surface area contributed by atoms with Crippen molar-refractivity contribution in [2.75, 3.05) is 6.54 Å². The van der Waals surface area contributed by atoms with E-state index in [0.717, 1.165) is 11.1 Å². The maximum atomic E-state index is 12.3. The van der Waals surface area contributed by atoms with Gasteiger partial charge in [-0.05, 0) is 19.9 Å². The van der Waals surface area contributed by atoms with Gasteiger partial charge in [-0.15, -0.1) is 0 Å². The third-order valence-corrected chi connectivity index (χ3v) is 3.85. The molecule has 7 heteroatoms. The molecule has 0 saturated carbocycles. The van der Waals surface area contributed by atoms with Gasteiger partial charge < -0.3 is 10.2 Å². The van der Waals surface area contributed by atoms with Crippen LogP contribution in [0.25, 0.3) is 10.8 Å². The Balaban J connectivity index is 1.64. The van der Waals surface area contributed by atoms with Gasteiger partial charge in [0.25, 0.3) is 11.5 Å². The molecule has 23 heavy (non-hydrogen) atoms. The molecule has 2 aromatic rings. The van der Waals surface area contributed by atoms with Crippen LogP contribution in [0.1, 0.15) is 20.3 Å². The summed E-state index contributed by atoms with van der Waals surface area (Å²) in [5.74, 6) is -0.244. The van der Waals surface area contributed by atoms with Crippen LogP contribution in [-0.4, -0.2) is 33.5 Å². The average molecular weight is 314 g/mol. The largest absolute Gasteiger partial charge is 0.379 e. The summed E-state index contributed by atoms with van der Waals surface area (Å²) in [4.78, 5) is 29.7. The van der Waals surface area contributed by atoms with Gasteiger partial charge >= 0.3 is 0 Å². The second-order valence-electron chi connectivity index (χ2n) is 5.84. The number of fused-ring (bicyclic) bond motifs is 1. The number of oxime groups is 1. The molecule has 7 nitrogen and oxygen atoms in total. The lowest BCUT2D eigenvalue weighted by molar-refractivity contribution is -0.141. The number of aromatic nitrogens is 2. The van der Waals surface area contributed by atoms with Crippen LogP contribution >= 0.6 is 0 Å². The summed E-state index contributed by atoms with van der Waals surface area (Å²) in [6, 6.07) is 7.29. The van der Waals surface area contributed by atoms with Crippen LogP contribution in [0.4, 0.5) is 0 Å². The first-order valence-corrected chi connectivity index (χ1v) is 7.44. The van der Waals surface area contributed by atoms with Gasteiger partial charge in [-0.25, -0.2) is 4.68 Å². The first-order chi connectivity index (χ1) is 11.0. The van der Waals surface area contributed by atoms with Crippen LogP contribution in [0.2, 0.25) is 0 Å². The quantitative estimate of drug-likeness (QED) is 0.914. The number of benzene rings is 1. The number of nitrogens with zero attached hydrogens (tertiary/aromatic N) is 3. The highest BCUT2D eigenvalue weighted by Crippen LogP contribution is 2.23. The zero-order chi connectivity index (χ0) is 16.4. The lowest BCUT2D eigenvalue weighted by atomic mass is 9.99. The Hall–Kier alpha value is -2.70. The molecule has 2 heterocycles. The van der Waals surface area contributed by atoms with Gasteiger partial charge in [0, 0.05) is 18.4 Å². The highest BCUT2D eigenvalue weighted by Gasteiger charge is 2.40. The summed E-state index contributed by atoms with van der Waals surface area (Å²) >= 11 is 0. The van der Waals surface area contributed by atoms with Crippen molar-refractivity contribution in [3.05, 3.63) is 40.8 Å². The van der Waals surface area contributed by atoms with E-state index in [1.807, 2.05) is 25.1 Å². The van der Waals surface area contributed by atoms with E-state index in [4.69, 9.17) is 4.84 Å². The molecule has 0 spiro atoms. The first-order valence-electron chi connectivity index (χ1n) is 7.44. The molecule has 1 aromatic carbocycles. The van der Waals surface area contributed by atoms with Crippen LogP contribution in [0.15, 0.2) is 40.4 Å². The molecule has 1 amide bonds. The van der Waals surface area contributed by atoms with E-state index in [1.165, 1.54) is 4.68 Å². The predicted molar refractivity (Wildman–Crippen MR) is 86.2 cm³/mol. The van der Waals surface area contributed by atoms with Crippen LogP contribution < -0.4 is 10.9 Å². The van der Waals surface area contributed by atoms with Crippen LogP contribution in [0.5, 0.6) is 0 Å². The number of hydrogen-bond donors (Lipinski definition) is 1. The second-order valence-corrected chi connectivity index (χ2v) is 5.84. The van der Waals surface area contributed by atoms with Crippen LogP contribution in [0.3, 0.4) is 0 Å². The summed E-state index contributed by atoms with van der Waals surface area (Å²) in [5.41, 5.74) is -0.346. The van der Waals surface area contributed by atoms with Crippen LogP contribution in [0, 0.1) is 0 Å². The van der Waals surface area contributed by atoms with E-state index in [2.05, 4.69) is 15.6 Å². The second kappa shape index (κ2) is 5.83. The Kier molecular flexibility index (Phi) is 3.85. The fourth-order valence-electron chi connectivity index (χ4n) is 2.60. The topological polar surface area (TPSA) is 85.6 Å². The zero-order valence-electron chi connectivity index (χ0n) is 13.1. The number of carbonyl (C=O) groups excluding carboxylic acids is 1. The van der Waals surface area contributed by atoms with Crippen molar-refractivity contribution in [3.8, 4) is 0 Å². The molecule has 1 aromatic heterocycles. The summed E-state index contributed by atoms with van der Waals surface area (Å²) in [5, 5.41) is 12.1. The van der Waals surface area contributed by atoms with E-state index < -0.39 is 5.60 Å². The van der Waals surface area contributed by atoms with Crippen molar-refractivity contribution >= 4 is 22.4 Å². The smallest absolute Gasteiger partial charge is 0.274 e. The van der Waals surface area contributed by atoms with E-state index >= 15 is 0 Å². The molecule has 0 aliphatic carbocycles. The van der Waals surface area contributed by atoms with Crippen molar-refractivity contribution in [1.82, 2.24) is 15.1 Å². The van der Waals surface area contributed by atoms with Crippen molar-refractivity contribution < 1.29 is 9.63 Å². The third kappa shape index (κ3) is 2.94. The Bertz CT molecular complexity index is 843. The van der Waals surface area contributed by atoms with Gasteiger partial charge in [0.05, 0.1) is 23.8 Å². The number of nitrogens with one attached hydrogen (secondary N) is 1. The SMILES string of the molecule is CC1=NOC(C)(C(=O)NCCn2ncc3ccccc3c2=O)C1. The summed E-state index contributed by atoms with van der Waals surface area (Å²) in [7, 11) is 0. The minimum Gasteiger partial charge on any atom is -0.379 e. The van der Waals surface area contributed by atoms with Crippen molar-refractivity contribution in [3.63, 3.8) is 0 Å². The standard InChI is InChI=1S/C16H18N4O3/c1-11-9-16(2,23-19-11)15(22)17-7-8-20-14(21)13-6-4-3-5-12(13)10-18-20/h3-6,10H,7-9H2,1-2H3,(H,17,22). The highest BCUT2D eigenvalue weighted by molar-refractivity contribution is 5.94. The van der Waals surface area contributed by atoms with Crippen molar-refractivity contribution in [1.29, 1.82) is 0 Å². The molecule has 120 valence electrons. The number of hydrogen-bond acceptors (Lipinski definition) is 5. The zero-order valence-corrected chi connectivity index (χ0v) is 13.1. The minimum absolute atomic E-state index is 0.167. The molecule has 1 N–H and O–H groups in total. The highest BCUT2D eigenvalue weighted by atomic mass is 16.7. The fourth-order valence-corrected chi connectivity index (χ4v) is 2.60. The molecule has 0 fully saturated rings. The van der Waals surface area contributed by atoms with E-state index in [1.54, 1.807) is 19.2 Å². The van der Waals surface area contributed by atoms with E-state index in [-0.39, 0.29) is 11.5 Å². The molecule has 0 bridgehead atoms. The van der Waals surface area contributed by atoms with Gasteiger partial charge in [-0.1, -0.05) is 23.4 Å². The first kappa shape index (κ1) is 15.2. The molecule has 3 rings (SSSR count). The van der Waals surface area contributed by atoms with Crippen molar-refractivity contribution in [2.24, 2.45) is 5.16 Å². The third-order valence-electron chi connectivity index (χ3n) is 3.85. The predicted octanol–water partition coefficient (Wildman–Crippen LogP) is 1.07. The number of rotatable bonds is 4. The van der Waals surface area contributed by atoms with E-state index in [0.29, 0.717) is 24.9 Å². The Morgan fingerprint density at radius 1 is 1.43 bits per heavy atom. The Morgan fingerprint density at radius 3 is 2.96 bits per heavy atom. The molecule has 1 unspecified atom stereocenters. The lowest BCUT2D eigenvalue weighted by Gasteiger charge is -2.20. The maximum absolute atomic E-state index is 12.3. The fraction of sp³-hybridized carbons (Fsp3) is 0.375.